The molecule has 1 N–H and O–H groups in total. The van der Waals surface area contributed by atoms with E-state index in [1.165, 1.54) is 16.7 Å². The van der Waals surface area contributed by atoms with Crippen molar-refractivity contribution in [3.05, 3.63) is 63.4 Å². The standard InChI is InChI=1S/C18H21NOS/c1-14-7-8-16(15(2)13-14)5-3-11-19-18(20)10-9-17-6-4-12-21-17/h4,6-10,12-13H,3,5,11H2,1-2H3,(H,19,20)/b10-9+. The normalized spacial score (nSPS) is 11.0. The Labute approximate surface area is 130 Å². The van der Waals surface area contributed by atoms with Gasteiger partial charge in [0.15, 0.2) is 0 Å². The van der Waals surface area contributed by atoms with Crippen LogP contribution in [0.25, 0.3) is 6.08 Å². The van der Waals surface area contributed by atoms with Gasteiger partial charge in [-0.05, 0) is 55.3 Å². The molecule has 0 atom stereocenters. The molecule has 0 aliphatic rings. The van der Waals surface area contributed by atoms with Crippen LogP contribution in [0.5, 0.6) is 0 Å². The second kappa shape index (κ2) is 7.79. The molecule has 0 aliphatic heterocycles. The second-order valence-corrected chi connectivity index (χ2v) is 6.15. The summed E-state index contributed by atoms with van der Waals surface area (Å²) in [7, 11) is 0. The molecular formula is C18H21NOS. The molecule has 2 nitrogen and oxygen atoms in total. The lowest BCUT2D eigenvalue weighted by atomic mass is 10.0. The second-order valence-electron chi connectivity index (χ2n) is 5.17. The van der Waals surface area contributed by atoms with Gasteiger partial charge in [-0.2, -0.15) is 0 Å². The molecule has 1 heterocycles. The summed E-state index contributed by atoms with van der Waals surface area (Å²) in [5, 5.41) is 4.93. The van der Waals surface area contributed by atoms with Gasteiger partial charge in [0.25, 0.3) is 0 Å². The van der Waals surface area contributed by atoms with Crippen LogP contribution in [0.1, 0.15) is 28.0 Å². The molecule has 110 valence electrons. The van der Waals surface area contributed by atoms with Crippen LogP contribution in [0.4, 0.5) is 0 Å². The molecule has 0 aliphatic carbocycles. The molecule has 0 saturated heterocycles. The van der Waals surface area contributed by atoms with Crippen LogP contribution >= 0.6 is 11.3 Å². The van der Waals surface area contributed by atoms with Crippen molar-refractivity contribution in [2.45, 2.75) is 26.7 Å². The van der Waals surface area contributed by atoms with E-state index >= 15 is 0 Å². The summed E-state index contributed by atoms with van der Waals surface area (Å²) >= 11 is 1.63. The van der Waals surface area contributed by atoms with Crippen LogP contribution in [0.3, 0.4) is 0 Å². The Morgan fingerprint density at radius 3 is 2.86 bits per heavy atom. The Bertz CT molecular complexity index is 614. The predicted molar refractivity (Wildman–Crippen MR) is 90.6 cm³/mol. The maximum Gasteiger partial charge on any atom is 0.244 e. The number of rotatable bonds is 6. The highest BCUT2D eigenvalue weighted by atomic mass is 32.1. The minimum absolute atomic E-state index is 0.0240. The highest BCUT2D eigenvalue weighted by molar-refractivity contribution is 7.10. The fourth-order valence-corrected chi connectivity index (χ4v) is 2.84. The number of carbonyl (C=O) groups is 1. The number of hydrogen-bond donors (Lipinski definition) is 1. The van der Waals surface area contributed by atoms with E-state index in [0.29, 0.717) is 6.54 Å². The average Bonchev–Trinajstić information content (AvgIpc) is 2.96. The maximum atomic E-state index is 11.7. The largest absolute Gasteiger partial charge is 0.353 e. The van der Waals surface area contributed by atoms with E-state index in [9.17, 15) is 4.79 Å². The number of aryl methyl sites for hydroxylation is 3. The first kappa shape index (κ1) is 15.5. The summed E-state index contributed by atoms with van der Waals surface area (Å²) in [5.41, 5.74) is 3.99. The minimum Gasteiger partial charge on any atom is -0.353 e. The number of hydrogen-bond acceptors (Lipinski definition) is 2. The van der Waals surface area contributed by atoms with Crippen molar-refractivity contribution in [2.24, 2.45) is 0 Å². The van der Waals surface area contributed by atoms with Crippen LogP contribution in [0, 0.1) is 13.8 Å². The zero-order chi connectivity index (χ0) is 15.1. The lowest BCUT2D eigenvalue weighted by molar-refractivity contribution is -0.116. The average molecular weight is 299 g/mol. The topological polar surface area (TPSA) is 29.1 Å². The SMILES string of the molecule is Cc1ccc(CCCNC(=O)/C=C/c2cccs2)c(C)c1. The Balaban J connectivity index is 1.70. The van der Waals surface area contributed by atoms with Crippen LogP contribution in [0.15, 0.2) is 41.8 Å². The third-order valence-corrected chi connectivity index (χ3v) is 4.20. The molecule has 2 rings (SSSR count). The Morgan fingerprint density at radius 1 is 1.29 bits per heavy atom. The van der Waals surface area contributed by atoms with Gasteiger partial charge in [-0.15, -0.1) is 11.3 Å². The lowest BCUT2D eigenvalue weighted by Crippen LogP contribution is -2.22. The van der Waals surface area contributed by atoms with Gasteiger partial charge in [-0.3, -0.25) is 4.79 Å². The van der Waals surface area contributed by atoms with Crippen LogP contribution in [-0.2, 0) is 11.2 Å². The zero-order valence-electron chi connectivity index (χ0n) is 12.6. The van der Waals surface area contributed by atoms with E-state index in [4.69, 9.17) is 0 Å². The number of amides is 1. The zero-order valence-corrected chi connectivity index (χ0v) is 13.4. The summed E-state index contributed by atoms with van der Waals surface area (Å²) in [5.74, 6) is -0.0240. The molecule has 1 aromatic heterocycles. The molecule has 1 aromatic carbocycles. The van der Waals surface area contributed by atoms with Crippen molar-refractivity contribution < 1.29 is 4.79 Å². The van der Waals surface area contributed by atoms with Gasteiger partial charge in [0.1, 0.15) is 0 Å². The van der Waals surface area contributed by atoms with Gasteiger partial charge in [-0.25, -0.2) is 0 Å². The van der Waals surface area contributed by atoms with Crippen molar-refractivity contribution >= 4 is 23.3 Å². The maximum absolute atomic E-state index is 11.7. The van der Waals surface area contributed by atoms with Gasteiger partial charge in [0.05, 0.1) is 0 Å². The number of carbonyl (C=O) groups excluding carboxylic acids is 1. The molecule has 0 spiro atoms. The van der Waals surface area contributed by atoms with Gasteiger partial charge >= 0.3 is 0 Å². The number of thiophene rings is 1. The Hall–Kier alpha value is -1.87. The summed E-state index contributed by atoms with van der Waals surface area (Å²) in [6.45, 7) is 4.96. The van der Waals surface area contributed by atoms with Crippen LogP contribution in [-0.4, -0.2) is 12.5 Å². The molecule has 0 saturated carbocycles. The van der Waals surface area contributed by atoms with Crippen molar-refractivity contribution in [3.63, 3.8) is 0 Å². The van der Waals surface area contributed by atoms with Gasteiger partial charge in [-0.1, -0.05) is 29.8 Å². The first-order chi connectivity index (χ1) is 10.1. The molecule has 3 heteroatoms. The summed E-state index contributed by atoms with van der Waals surface area (Å²) in [4.78, 5) is 12.8. The van der Waals surface area contributed by atoms with Crippen molar-refractivity contribution in [1.29, 1.82) is 0 Å². The highest BCUT2D eigenvalue weighted by Gasteiger charge is 2.00. The molecule has 0 unspecified atom stereocenters. The van der Waals surface area contributed by atoms with E-state index in [2.05, 4.69) is 37.4 Å². The van der Waals surface area contributed by atoms with Crippen molar-refractivity contribution in [2.75, 3.05) is 6.54 Å². The predicted octanol–water partition coefficient (Wildman–Crippen LogP) is 4.13. The van der Waals surface area contributed by atoms with Gasteiger partial charge < -0.3 is 5.32 Å². The van der Waals surface area contributed by atoms with Gasteiger partial charge in [0.2, 0.25) is 5.91 Å². The van der Waals surface area contributed by atoms with E-state index in [1.54, 1.807) is 17.4 Å². The molecule has 1 amide bonds. The van der Waals surface area contributed by atoms with Crippen LogP contribution < -0.4 is 5.32 Å². The molecule has 21 heavy (non-hydrogen) atoms. The molecule has 2 aromatic rings. The first-order valence-corrected chi connectivity index (χ1v) is 8.08. The van der Waals surface area contributed by atoms with Crippen molar-refractivity contribution in [1.82, 2.24) is 5.32 Å². The Morgan fingerprint density at radius 2 is 2.14 bits per heavy atom. The van der Waals surface area contributed by atoms with Crippen molar-refractivity contribution in [3.8, 4) is 0 Å². The fraction of sp³-hybridized carbons (Fsp3) is 0.278. The highest BCUT2D eigenvalue weighted by Crippen LogP contribution is 2.12. The third kappa shape index (κ3) is 5.20. The quantitative estimate of drug-likeness (QED) is 0.631. The fourth-order valence-electron chi connectivity index (χ4n) is 2.22. The lowest BCUT2D eigenvalue weighted by Gasteiger charge is -2.07. The first-order valence-electron chi connectivity index (χ1n) is 7.21. The molecule has 0 radical (unpaired) electrons. The molecule has 0 fully saturated rings. The summed E-state index contributed by atoms with van der Waals surface area (Å²) in [6, 6.07) is 10.5. The van der Waals surface area contributed by atoms with Gasteiger partial charge in [0, 0.05) is 17.5 Å². The third-order valence-electron chi connectivity index (χ3n) is 3.36. The number of nitrogens with one attached hydrogen (secondary N) is 1. The van der Waals surface area contributed by atoms with E-state index in [1.807, 2.05) is 23.6 Å². The molecule has 0 bridgehead atoms. The van der Waals surface area contributed by atoms with E-state index < -0.39 is 0 Å². The van der Waals surface area contributed by atoms with E-state index in [-0.39, 0.29) is 5.91 Å². The monoisotopic (exact) mass is 299 g/mol. The number of benzene rings is 1. The smallest absolute Gasteiger partial charge is 0.244 e. The van der Waals surface area contributed by atoms with Crippen LogP contribution in [0.2, 0.25) is 0 Å². The minimum atomic E-state index is -0.0240. The summed E-state index contributed by atoms with van der Waals surface area (Å²) in [6.07, 6.45) is 5.41. The summed E-state index contributed by atoms with van der Waals surface area (Å²) < 4.78 is 0. The van der Waals surface area contributed by atoms with E-state index in [0.717, 1.165) is 17.7 Å². The molecular weight excluding hydrogens is 278 g/mol. The Kier molecular flexibility index (Phi) is 5.76.